The molecule has 0 saturated carbocycles. The van der Waals surface area contributed by atoms with E-state index >= 15 is 0 Å². The molecule has 24 heavy (non-hydrogen) atoms. The van der Waals surface area contributed by atoms with Gasteiger partial charge in [0.25, 0.3) is 0 Å². The number of aromatic carboxylic acids is 1. The van der Waals surface area contributed by atoms with Gasteiger partial charge in [0, 0.05) is 49.3 Å². The lowest BCUT2D eigenvalue weighted by molar-refractivity contribution is 0.0687. The van der Waals surface area contributed by atoms with Crippen molar-refractivity contribution in [1.82, 2.24) is 24.2 Å². The number of aromatic nitrogens is 4. The van der Waals surface area contributed by atoms with Crippen LogP contribution in [-0.2, 0) is 25.9 Å². The summed E-state index contributed by atoms with van der Waals surface area (Å²) in [6, 6.07) is 0.355. The molecule has 0 amide bonds. The number of hydrogen-bond acceptors (Lipinski definition) is 4. The molecule has 1 unspecified atom stereocenters. The molecule has 1 atom stereocenters. The Morgan fingerprint density at radius 3 is 2.92 bits per heavy atom. The minimum absolute atomic E-state index is 0.232. The number of likely N-dealkylation sites (N-methyl/N-ethyl adjacent to an activating group) is 1. The largest absolute Gasteiger partial charge is 0.476 e. The molecule has 2 aromatic heterocycles. The predicted molar refractivity (Wildman–Crippen MR) is 90.3 cm³/mol. The van der Waals surface area contributed by atoms with Crippen molar-refractivity contribution in [2.45, 2.75) is 52.2 Å². The third-order valence-electron chi connectivity index (χ3n) is 5.06. The molecule has 2 aromatic rings. The summed E-state index contributed by atoms with van der Waals surface area (Å²) in [4.78, 5) is 18.1. The minimum atomic E-state index is -0.921. The minimum Gasteiger partial charge on any atom is -0.476 e. The summed E-state index contributed by atoms with van der Waals surface area (Å²) in [5.74, 6) is 0.0995. The average molecular weight is 331 g/mol. The fourth-order valence-corrected chi connectivity index (χ4v) is 3.57. The number of nitrogens with zero attached hydrogens (tertiary/aromatic N) is 5. The molecule has 1 aliphatic carbocycles. The fourth-order valence-electron chi connectivity index (χ4n) is 3.57. The molecule has 0 radical (unpaired) electrons. The quantitative estimate of drug-likeness (QED) is 0.870. The van der Waals surface area contributed by atoms with Gasteiger partial charge in [-0.25, -0.2) is 9.78 Å². The van der Waals surface area contributed by atoms with Gasteiger partial charge in [0.05, 0.1) is 0 Å². The van der Waals surface area contributed by atoms with Gasteiger partial charge in [-0.1, -0.05) is 0 Å². The summed E-state index contributed by atoms with van der Waals surface area (Å²) in [5, 5.41) is 13.7. The lowest BCUT2D eigenvalue weighted by Crippen LogP contribution is -2.38. The first kappa shape index (κ1) is 16.7. The van der Waals surface area contributed by atoms with Gasteiger partial charge >= 0.3 is 5.97 Å². The van der Waals surface area contributed by atoms with Crippen LogP contribution in [0.25, 0.3) is 0 Å². The van der Waals surface area contributed by atoms with E-state index < -0.39 is 5.97 Å². The number of imidazole rings is 1. The van der Waals surface area contributed by atoms with E-state index in [9.17, 15) is 9.90 Å². The van der Waals surface area contributed by atoms with Crippen LogP contribution in [0.1, 0.15) is 40.9 Å². The van der Waals surface area contributed by atoms with Crippen molar-refractivity contribution >= 4 is 5.97 Å². The second-order valence-electron chi connectivity index (χ2n) is 6.44. The van der Waals surface area contributed by atoms with Gasteiger partial charge in [0.1, 0.15) is 5.82 Å². The van der Waals surface area contributed by atoms with E-state index in [1.807, 2.05) is 30.9 Å². The number of rotatable bonds is 6. The monoisotopic (exact) mass is 331 g/mol. The zero-order valence-corrected chi connectivity index (χ0v) is 14.6. The van der Waals surface area contributed by atoms with Crippen LogP contribution in [0.4, 0.5) is 0 Å². The summed E-state index contributed by atoms with van der Waals surface area (Å²) in [6.07, 6.45) is 6.51. The summed E-state index contributed by atoms with van der Waals surface area (Å²) in [7, 11) is 2.12. The molecule has 0 spiro atoms. The molecule has 0 fully saturated rings. The molecule has 3 rings (SSSR count). The number of aryl methyl sites for hydroxylation is 2. The molecule has 0 aliphatic heterocycles. The number of carboxylic acid groups (broad SMARTS) is 1. The van der Waals surface area contributed by atoms with Crippen molar-refractivity contribution in [3.8, 4) is 0 Å². The van der Waals surface area contributed by atoms with Crippen molar-refractivity contribution < 1.29 is 9.90 Å². The molecule has 1 aliphatic rings. The number of carboxylic acids is 1. The van der Waals surface area contributed by atoms with E-state index in [1.54, 1.807) is 0 Å². The third kappa shape index (κ3) is 3.08. The average Bonchev–Trinajstić information content (AvgIpc) is 3.15. The van der Waals surface area contributed by atoms with Gasteiger partial charge in [-0.3, -0.25) is 4.68 Å². The van der Waals surface area contributed by atoms with Crippen molar-refractivity contribution in [1.29, 1.82) is 0 Å². The first-order valence-electron chi connectivity index (χ1n) is 8.51. The SMILES string of the molecule is CCn1nc(C(=O)O)c2c1CCC(N(C)CCn1ccnc1C)C2. The second-order valence-corrected chi connectivity index (χ2v) is 6.44. The Balaban J connectivity index is 1.71. The third-order valence-corrected chi connectivity index (χ3v) is 5.06. The van der Waals surface area contributed by atoms with Gasteiger partial charge < -0.3 is 14.6 Å². The van der Waals surface area contributed by atoms with E-state index in [0.717, 1.165) is 56.0 Å². The normalized spacial score (nSPS) is 17.2. The molecule has 0 aromatic carbocycles. The van der Waals surface area contributed by atoms with Gasteiger partial charge in [-0.15, -0.1) is 0 Å². The van der Waals surface area contributed by atoms with Gasteiger partial charge in [-0.05, 0) is 40.2 Å². The summed E-state index contributed by atoms with van der Waals surface area (Å²) in [5.41, 5.74) is 2.26. The van der Waals surface area contributed by atoms with E-state index in [-0.39, 0.29) is 5.69 Å². The highest BCUT2D eigenvalue weighted by Gasteiger charge is 2.30. The van der Waals surface area contributed by atoms with E-state index in [4.69, 9.17) is 0 Å². The lowest BCUT2D eigenvalue weighted by atomic mass is 9.90. The molecule has 130 valence electrons. The van der Waals surface area contributed by atoms with Crippen molar-refractivity contribution in [2.75, 3.05) is 13.6 Å². The highest BCUT2D eigenvalue weighted by molar-refractivity contribution is 5.87. The van der Waals surface area contributed by atoms with Crippen molar-refractivity contribution in [2.24, 2.45) is 0 Å². The van der Waals surface area contributed by atoms with Crippen LogP contribution in [0.5, 0.6) is 0 Å². The number of hydrogen-bond donors (Lipinski definition) is 1. The summed E-state index contributed by atoms with van der Waals surface area (Å²) >= 11 is 0. The first-order chi connectivity index (χ1) is 11.5. The Kier molecular flexibility index (Phi) is 4.71. The topological polar surface area (TPSA) is 76.2 Å². The van der Waals surface area contributed by atoms with Crippen molar-refractivity contribution in [3.05, 3.63) is 35.2 Å². The first-order valence-corrected chi connectivity index (χ1v) is 8.51. The molecular formula is C17H25N5O2. The Labute approximate surface area is 141 Å². The highest BCUT2D eigenvalue weighted by Crippen LogP contribution is 2.27. The standard InChI is InChI=1S/C17H25N5O2/c1-4-22-15-6-5-13(11-14(15)16(19-22)17(23)24)20(3)9-10-21-8-7-18-12(21)2/h7-8,13H,4-6,9-11H2,1-3H3,(H,23,24). The Morgan fingerprint density at radius 2 is 2.29 bits per heavy atom. The van der Waals surface area contributed by atoms with E-state index in [1.165, 1.54) is 0 Å². The Morgan fingerprint density at radius 1 is 1.50 bits per heavy atom. The van der Waals surface area contributed by atoms with E-state index in [0.29, 0.717) is 6.04 Å². The predicted octanol–water partition coefficient (Wildman–Crippen LogP) is 1.60. The summed E-state index contributed by atoms with van der Waals surface area (Å²) in [6.45, 7) is 6.54. The fraction of sp³-hybridized carbons (Fsp3) is 0.588. The zero-order valence-electron chi connectivity index (χ0n) is 14.6. The molecule has 0 saturated heterocycles. The van der Waals surface area contributed by atoms with Crippen LogP contribution in [0.3, 0.4) is 0 Å². The number of fused-ring (bicyclic) bond motifs is 1. The maximum atomic E-state index is 11.5. The van der Waals surface area contributed by atoms with Gasteiger partial charge in [0.2, 0.25) is 0 Å². The second kappa shape index (κ2) is 6.76. The smallest absolute Gasteiger partial charge is 0.356 e. The van der Waals surface area contributed by atoms with Crippen molar-refractivity contribution in [3.63, 3.8) is 0 Å². The van der Waals surface area contributed by atoms with Crippen LogP contribution in [-0.4, -0.2) is 54.9 Å². The molecule has 7 heteroatoms. The number of carbonyl (C=O) groups is 1. The van der Waals surface area contributed by atoms with E-state index in [2.05, 4.69) is 26.6 Å². The Bertz CT molecular complexity index is 733. The highest BCUT2D eigenvalue weighted by atomic mass is 16.4. The molecule has 2 heterocycles. The van der Waals surface area contributed by atoms with Crippen LogP contribution in [0.2, 0.25) is 0 Å². The molecule has 0 bridgehead atoms. The Hall–Kier alpha value is -2.15. The molecule has 1 N–H and O–H groups in total. The summed E-state index contributed by atoms with van der Waals surface area (Å²) < 4.78 is 3.99. The van der Waals surface area contributed by atoms with Crippen LogP contribution in [0.15, 0.2) is 12.4 Å². The maximum Gasteiger partial charge on any atom is 0.356 e. The molecule has 7 nitrogen and oxygen atoms in total. The van der Waals surface area contributed by atoms with Crippen LogP contribution >= 0.6 is 0 Å². The zero-order chi connectivity index (χ0) is 17.3. The van der Waals surface area contributed by atoms with Crippen LogP contribution < -0.4 is 0 Å². The van der Waals surface area contributed by atoms with Crippen LogP contribution in [0, 0.1) is 6.92 Å². The van der Waals surface area contributed by atoms with Gasteiger partial charge in [-0.2, -0.15) is 5.10 Å². The van der Waals surface area contributed by atoms with Gasteiger partial charge in [0.15, 0.2) is 5.69 Å². The maximum absolute atomic E-state index is 11.5. The molecular weight excluding hydrogens is 306 g/mol. The lowest BCUT2D eigenvalue weighted by Gasteiger charge is -2.31.